The first-order chi connectivity index (χ1) is 12.7. The van der Waals surface area contributed by atoms with Crippen molar-refractivity contribution in [1.29, 1.82) is 0 Å². The maximum atomic E-state index is 12.4. The zero-order valence-corrected chi connectivity index (χ0v) is 14.6. The van der Waals surface area contributed by atoms with Gasteiger partial charge < -0.3 is 19.4 Å². The van der Waals surface area contributed by atoms with E-state index in [-0.39, 0.29) is 11.9 Å². The number of ether oxygens (including phenoxy) is 1. The third kappa shape index (κ3) is 3.22. The van der Waals surface area contributed by atoms with Crippen LogP contribution in [0.4, 0.5) is 6.01 Å². The molecule has 3 aromatic rings. The van der Waals surface area contributed by atoms with Gasteiger partial charge in [-0.15, -0.1) is 0 Å². The maximum Gasteiger partial charge on any atom is 0.298 e. The van der Waals surface area contributed by atoms with Crippen LogP contribution in [0.25, 0.3) is 11.1 Å². The summed E-state index contributed by atoms with van der Waals surface area (Å²) in [6.07, 6.45) is 2.05. The summed E-state index contributed by atoms with van der Waals surface area (Å²) in [4.78, 5) is 19.2. The van der Waals surface area contributed by atoms with E-state index in [2.05, 4.69) is 15.2 Å². The number of nitrogens with one attached hydrogen (secondary N) is 1. The van der Waals surface area contributed by atoms with Gasteiger partial charge in [-0.05, 0) is 43.2 Å². The maximum absolute atomic E-state index is 12.4. The SMILES string of the molecule is COc1cccc(C(=O)NCC2CCCN2c2nc3ccccc3o2)c1. The van der Waals surface area contributed by atoms with Gasteiger partial charge in [0.05, 0.1) is 13.2 Å². The van der Waals surface area contributed by atoms with Gasteiger partial charge in [-0.3, -0.25) is 4.79 Å². The molecule has 1 saturated heterocycles. The molecule has 1 amide bonds. The summed E-state index contributed by atoms with van der Waals surface area (Å²) in [7, 11) is 1.59. The molecule has 1 fully saturated rings. The van der Waals surface area contributed by atoms with Gasteiger partial charge in [-0.1, -0.05) is 18.2 Å². The number of aromatic nitrogens is 1. The largest absolute Gasteiger partial charge is 0.497 e. The number of amides is 1. The fourth-order valence-electron chi connectivity index (χ4n) is 3.36. The average Bonchev–Trinajstić information content (AvgIpc) is 3.32. The monoisotopic (exact) mass is 351 g/mol. The molecule has 4 rings (SSSR count). The van der Waals surface area contributed by atoms with Crippen LogP contribution in [-0.4, -0.2) is 37.1 Å². The molecule has 134 valence electrons. The van der Waals surface area contributed by atoms with Gasteiger partial charge in [0.25, 0.3) is 11.9 Å². The Bertz CT molecular complexity index is 888. The number of oxazole rings is 1. The van der Waals surface area contributed by atoms with Crippen LogP contribution in [0.5, 0.6) is 5.75 Å². The quantitative estimate of drug-likeness (QED) is 0.764. The minimum atomic E-state index is -0.103. The molecule has 2 aromatic carbocycles. The lowest BCUT2D eigenvalue weighted by molar-refractivity contribution is 0.0951. The zero-order chi connectivity index (χ0) is 17.9. The number of hydrogen-bond donors (Lipinski definition) is 1. The lowest BCUT2D eigenvalue weighted by atomic mass is 10.2. The molecule has 6 heteroatoms. The number of benzene rings is 2. The van der Waals surface area contributed by atoms with E-state index in [0.717, 1.165) is 30.5 Å². The van der Waals surface area contributed by atoms with Crippen LogP contribution in [0.3, 0.4) is 0 Å². The highest BCUT2D eigenvalue weighted by molar-refractivity contribution is 5.94. The molecular weight excluding hydrogens is 330 g/mol. The Morgan fingerprint density at radius 3 is 3.04 bits per heavy atom. The Morgan fingerprint density at radius 1 is 1.31 bits per heavy atom. The van der Waals surface area contributed by atoms with Gasteiger partial charge in [0.1, 0.15) is 11.3 Å². The number of carbonyl (C=O) groups is 1. The fraction of sp³-hybridized carbons (Fsp3) is 0.300. The molecule has 1 unspecified atom stereocenters. The predicted octanol–water partition coefficient (Wildman–Crippen LogP) is 3.24. The third-order valence-electron chi connectivity index (χ3n) is 4.74. The van der Waals surface area contributed by atoms with Crippen LogP contribution in [0.15, 0.2) is 52.9 Å². The molecule has 1 N–H and O–H groups in total. The molecule has 0 spiro atoms. The van der Waals surface area contributed by atoms with Crippen molar-refractivity contribution in [3.63, 3.8) is 0 Å². The standard InChI is InChI=1S/C20H21N3O3/c1-25-16-8-4-6-14(12-16)19(24)21-13-15-7-5-11-23(15)20-22-17-9-2-3-10-18(17)26-20/h2-4,6,8-10,12,15H,5,7,11,13H2,1H3,(H,21,24). The zero-order valence-electron chi connectivity index (χ0n) is 14.6. The van der Waals surface area contributed by atoms with Crippen molar-refractivity contribution in [1.82, 2.24) is 10.3 Å². The van der Waals surface area contributed by atoms with Gasteiger partial charge >= 0.3 is 0 Å². The summed E-state index contributed by atoms with van der Waals surface area (Å²) in [5.74, 6) is 0.569. The Labute approximate surface area is 151 Å². The fourth-order valence-corrected chi connectivity index (χ4v) is 3.36. The predicted molar refractivity (Wildman–Crippen MR) is 99.7 cm³/mol. The lowest BCUT2D eigenvalue weighted by Crippen LogP contribution is -2.40. The van der Waals surface area contributed by atoms with E-state index in [4.69, 9.17) is 9.15 Å². The summed E-state index contributed by atoms with van der Waals surface area (Å²) in [5, 5.41) is 3.02. The van der Waals surface area contributed by atoms with Crippen molar-refractivity contribution in [3.8, 4) is 5.75 Å². The number of hydrogen-bond acceptors (Lipinski definition) is 5. The van der Waals surface area contributed by atoms with Gasteiger partial charge in [-0.2, -0.15) is 4.98 Å². The lowest BCUT2D eigenvalue weighted by Gasteiger charge is -2.23. The molecule has 1 aliphatic heterocycles. The highest BCUT2D eigenvalue weighted by atomic mass is 16.5. The van der Waals surface area contributed by atoms with E-state index < -0.39 is 0 Å². The van der Waals surface area contributed by atoms with Crippen LogP contribution >= 0.6 is 0 Å². The van der Waals surface area contributed by atoms with E-state index in [9.17, 15) is 4.79 Å². The van der Waals surface area contributed by atoms with Crippen molar-refractivity contribution in [3.05, 3.63) is 54.1 Å². The first-order valence-electron chi connectivity index (χ1n) is 8.79. The normalized spacial score (nSPS) is 16.8. The molecule has 1 atom stereocenters. The van der Waals surface area contributed by atoms with E-state index >= 15 is 0 Å². The molecule has 1 aromatic heterocycles. The topological polar surface area (TPSA) is 67.6 Å². The number of anilines is 1. The molecule has 2 heterocycles. The van der Waals surface area contributed by atoms with Gasteiger partial charge in [0.2, 0.25) is 0 Å². The number of para-hydroxylation sites is 2. The van der Waals surface area contributed by atoms with Crippen LogP contribution in [0.1, 0.15) is 23.2 Å². The number of methoxy groups -OCH3 is 1. The number of nitrogens with zero attached hydrogens (tertiary/aromatic N) is 2. The van der Waals surface area contributed by atoms with Crippen molar-refractivity contribution in [2.45, 2.75) is 18.9 Å². The molecule has 1 aliphatic rings. The van der Waals surface area contributed by atoms with E-state index in [1.54, 1.807) is 19.2 Å². The Kier molecular flexibility index (Phi) is 4.48. The molecule has 0 saturated carbocycles. The molecule has 6 nitrogen and oxygen atoms in total. The molecule has 0 radical (unpaired) electrons. The highest BCUT2D eigenvalue weighted by Crippen LogP contribution is 2.28. The second-order valence-electron chi connectivity index (χ2n) is 6.40. The first kappa shape index (κ1) is 16.4. The summed E-state index contributed by atoms with van der Waals surface area (Å²) in [6, 6.07) is 15.7. The van der Waals surface area contributed by atoms with E-state index in [1.807, 2.05) is 36.4 Å². The first-order valence-corrected chi connectivity index (χ1v) is 8.79. The van der Waals surface area contributed by atoms with Gasteiger partial charge in [0.15, 0.2) is 5.58 Å². The Hall–Kier alpha value is -3.02. The second kappa shape index (κ2) is 7.07. The van der Waals surface area contributed by atoms with Gasteiger partial charge in [0, 0.05) is 18.7 Å². The van der Waals surface area contributed by atoms with E-state index in [0.29, 0.717) is 23.9 Å². The Morgan fingerprint density at radius 2 is 2.19 bits per heavy atom. The third-order valence-corrected chi connectivity index (χ3v) is 4.74. The minimum absolute atomic E-state index is 0.103. The van der Waals surface area contributed by atoms with Gasteiger partial charge in [-0.25, -0.2) is 0 Å². The smallest absolute Gasteiger partial charge is 0.298 e. The van der Waals surface area contributed by atoms with Crippen molar-refractivity contribution < 1.29 is 13.9 Å². The summed E-state index contributed by atoms with van der Waals surface area (Å²) < 4.78 is 11.1. The molecule has 0 aliphatic carbocycles. The number of rotatable bonds is 5. The van der Waals surface area contributed by atoms with Crippen LogP contribution in [0, 0.1) is 0 Å². The van der Waals surface area contributed by atoms with Crippen LogP contribution in [0.2, 0.25) is 0 Å². The van der Waals surface area contributed by atoms with Crippen LogP contribution < -0.4 is 15.0 Å². The Balaban J connectivity index is 1.44. The van der Waals surface area contributed by atoms with E-state index in [1.165, 1.54) is 0 Å². The number of fused-ring (bicyclic) bond motifs is 1. The molecule has 26 heavy (non-hydrogen) atoms. The minimum Gasteiger partial charge on any atom is -0.497 e. The van der Waals surface area contributed by atoms with Crippen molar-refractivity contribution in [2.24, 2.45) is 0 Å². The summed E-state index contributed by atoms with van der Waals surface area (Å²) >= 11 is 0. The van der Waals surface area contributed by atoms with Crippen LogP contribution in [-0.2, 0) is 0 Å². The van der Waals surface area contributed by atoms with Crippen molar-refractivity contribution >= 4 is 23.0 Å². The highest BCUT2D eigenvalue weighted by Gasteiger charge is 2.28. The molecular formula is C20H21N3O3. The summed E-state index contributed by atoms with van der Waals surface area (Å²) in [5.41, 5.74) is 2.23. The molecule has 0 bridgehead atoms. The van der Waals surface area contributed by atoms with Crippen molar-refractivity contribution in [2.75, 3.05) is 25.1 Å². The summed E-state index contributed by atoms with van der Waals surface area (Å²) in [6.45, 7) is 1.43. The second-order valence-corrected chi connectivity index (χ2v) is 6.40. The average molecular weight is 351 g/mol. The number of carbonyl (C=O) groups excluding carboxylic acids is 1.